The van der Waals surface area contributed by atoms with Gasteiger partial charge in [-0.25, -0.2) is 0 Å². The van der Waals surface area contributed by atoms with Crippen LogP contribution in [0.15, 0.2) is 170 Å². The fourth-order valence-electron chi connectivity index (χ4n) is 6.73. The van der Waals surface area contributed by atoms with E-state index in [1.807, 2.05) is 11.3 Å². The molecule has 0 amide bonds. The lowest BCUT2D eigenvalue weighted by Gasteiger charge is -2.26. The molecule has 0 unspecified atom stereocenters. The van der Waals surface area contributed by atoms with Crippen LogP contribution >= 0.6 is 11.3 Å². The lowest BCUT2D eigenvalue weighted by atomic mass is 10.0. The zero-order valence-corrected chi connectivity index (χ0v) is 25.3. The summed E-state index contributed by atoms with van der Waals surface area (Å²) in [5.74, 6) is 0. The quantitative estimate of drug-likeness (QED) is 0.193. The van der Waals surface area contributed by atoms with Crippen LogP contribution < -0.4 is 4.90 Å². The van der Waals surface area contributed by atoms with Crippen LogP contribution in [0.2, 0.25) is 0 Å². The molecule has 0 radical (unpaired) electrons. The maximum absolute atomic E-state index is 2.40. The van der Waals surface area contributed by atoms with Gasteiger partial charge in [-0.15, -0.1) is 11.3 Å². The van der Waals surface area contributed by atoms with E-state index in [1.165, 1.54) is 64.5 Å². The monoisotopic (exact) mass is 592 g/mol. The lowest BCUT2D eigenvalue weighted by Crippen LogP contribution is -2.09. The van der Waals surface area contributed by atoms with Crippen LogP contribution in [0.1, 0.15) is 0 Å². The molecule has 0 saturated carbocycles. The summed E-state index contributed by atoms with van der Waals surface area (Å²) in [6, 6.07) is 61.3. The highest BCUT2D eigenvalue weighted by atomic mass is 32.1. The fraction of sp³-hybridized carbons (Fsp3) is 0. The minimum Gasteiger partial charge on any atom is -0.309 e. The average Bonchev–Trinajstić information content (AvgIpc) is 3.65. The van der Waals surface area contributed by atoms with Crippen molar-refractivity contribution in [1.82, 2.24) is 4.57 Å². The van der Waals surface area contributed by atoms with Crippen LogP contribution in [0, 0.1) is 0 Å². The van der Waals surface area contributed by atoms with E-state index in [4.69, 9.17) is 0 Å². The number of anilines is 3. The van der Waals surface area contributed by atoms with E-state index in [1.54, 1.807) is 0 Å². The highest BCUT2D eigenvalue weighted by molar-refractivity contribution is 7.26. The summed E-state index contributed by atoms with van der Waals surface area (Å²) in [7, 11) is 0. The topological polar surface area (TPSA) is 8.17 Å². The summed E-state index contributed by atoms with van der Waals surface area (Å²) in [5, 5.41) is 5.13. The first-order valence-electron chi connectivity index (χ1n) is 15.3. The highest BCUT2D eigenvalue weighted by Gasteiger charge is 2.19. The van der Waals surface area contributed by atoms with Gasteiger partial charge >= 0.3 is 0 Å². The summed E-state index contributed by atoms with van der Waals surface area (Å²) in [6.45, 7) is 0. The van der Waals surface area contributed by atoms with Gasteiger partial charge < -0.3 is 9.47 Å². The predicted molar refractivity (Wildman–Crippen MR) is 194 cm³/mol. The first-order chi connectivity index (χ1) is 22.3. The van der Waals surface area contributed by atoms with Gasteiger partial charge in [0, 0.05) is 43.3 Å². The molecule has 2 nitrogen and oxygen atoms in total. The van der Waals surface area contributed by atoms with Crippen molar-refractivity contribution in [3.05, 3.63) is 170 Å². The number of para-hydroxylation sites is 3. The molecule has 0 fully saturated rings. The van der Waals surface area contributed by atoms with E-state index in [0.29, 0.717) is 0 Å². The second kappa shape index (κ2) is 10.5. The number of hydrogen-bond acceptors (Lipinski definition) is 2. The maximum Gasteiger partial charge on any atom is 0.0640 e. The van der Waals surface area contributed by atoms with Crippen molar-refractivity contribution in [1.29, 1.82) is 0 Å². The third kappa shape index (κ3) is 4.24. The van der Waals surface area contributed by atoms with Gasteiger partial charge in [0.1, 0.15) is 0 Å². The van der Waals surface area contributed by atoms with Crippen LogP contribution in [0.3, 0.4) is 0 Å². The third-order valence-corrected chi connectivity index (χ3v) is 9.98. The Labute approximate surface area is 265 Å². The molecule has 0 N–H and O–H groups in total. The Balaban J connectivity index is 1.22. The van der Waals surface area contributed by atoms with Gasteiger partial charge in [0.25, 0.3) is 0 Å². The van der Waals surface area contributed by atoms with E-state index in [-0.39, 0.29) is 0 Å². The Hall–Kier alpha value is -5.64. The fourth-order valence-corrected chi connectivity index (χ4v) is 7.97. The van der Waals surface area contributed by atoms with Crippen LogP contribution in [-0.2, 0) is 0 Å². The van der Waals surface area contributed by atoms with Crippen molar-refractivity contribution in [2.24, 2.45) is 0 Å². The molecule has 9 aromatic rings. The Bertz CT molecular complexity index is 2420. The molecule has 0 atom stereocenters. The number of nitrogens with zero attached hydrogens (tertiary/aromatic N) is 2. The smallest absolute Gasteiger partial charge is 0.0640 e. The Kier molecular flexibility index (Phi) is 6.03. The van der Waals surface area contributed by atoms with Crippen molar-refractivity contribution in [3.8, 4) is 16.8 Å². The van der Waals surface area contributed by atoms with Gasteiger partial charge in [0.15, 0.2) is 0 Å². The molecule has 0 aliphatic carbocycles. The molecular formula is C42H28N2S. The normalized spacial score (nSPS) is 11.6. The van der Waals surface area contributed by atoms with E-state index in [9.17, 15) is 0 Å². The Morgan fingerprint density at radius 2 is 1.00 bits per heavy atom. The van der Waals surface area contributed by atoms with Crippen LogP contribution in [0.4, 0.5) is 17.1 Å². The number of thiophene rings is 1. The molecule has 0 bridgehead atoms. The van der Waals surface area contributed by atoms with E-state index < -0.39 is 0 Å². The molecule has 0 spiro atoms. The molecule has 9 rings (SSSR count). The molecule has 212 valence electrons. The number of hydrogen-bond donors (Lipinski definition) is 0. The number of rotatable bonds is 5. The maximum atomic E-state index is 2.40. The summed E-state index contributed by atoms with van der Waals surface area (Å²) < 4.78 is 4.96. The highest BCUT2D eigenvalue weighted by Crippen LogP contribution is 2.45. The van der Waals surface area contributed by atoms with Crippen molar-refractivity contribution in [2.45, 2.75) is 0 Å². The first kappa shape index (κ1) is 25.8. The van der Waals surface area contributed by atoms with Gasteiger partial charge in [-0.3, -0.25) is 0 Å². The van der Waals surface area contributed by atoms with Crippen LogP contribution in [0.5, 0.6) is 0 Å². The SMILES string of the molecule is c1ccc(-c2ccc(N(c3ccccc3)c3cccc4c3sc3cc(-n5c6ccccc6c6ccccc65)ccc34)cc2)cc1. The van der Waals surface area contributed by atoms with E-state index in [0.717, 1.165) is 11.4 Å². The average molecular weight is 593 g/mol. The number of fused-ring (bicyclic) bond motifs is 6. The Morgan fingerprint density at radius 1 is 0.422 bits per heavy atom. The molecule has 0 saturated heterocycles. The summed E-state index contributed by atoms with van der Waals surface area (Å²) in [6.07, 6.45) is 0. The van der Waals surface area contributed by atoms with Gasteiger partial charge in [0.2, 0.25) is 0 Å². The number of benzene rings is 7. The van der Waals surface area contributed by atoms with Gasteiger partial charge in [-0.05, 0) is 65.7 Å². The lowest BCUT2D eigenvalue weighted by molar-refractivity contribution is 1.19. The second-order valence-corrected chi connectivity index (χ2v) is 12.4. The predicted octanol–water partition coefficient (Wildman–Crippen LogP) is 12.3. The van der Waals surface area contributed by atoms with E-state index in [2.05, 4.69) is 179 Å². The second-order valence-electron chi connectivity index (χ2n) is 11.4. The van der Waals surface area contributed by atoms with Gasteiger partial charge in [-0.2, -0.15) is 0 Å². The van der Waals surface area contributed by atoms with Crippen LogP contribution in [0.25, 0.3) is 58.8 Å². The van der Waals surface area contributed by atoms with Gasteiger partial charge in [0.05, 0.1) is 21.4 Å². The largest absolute Gasteiger partial charge is 0.309 e. The van der Waals surface area contributed by atoms with Gasteiger partial charge in [-0.1, -0.05) is 115 Å². The summed E-state index contributed by atoms with van der Waals surface area (Å²) in [5.41, 5.74) is 9.54. The zero-order chi connectivity index (χ0) is 29.7. The summed E-state index contributed by atoms with van der Waals surface area (Å²) in [4.78, 5) is 2.39. The zero-order valence-electron chi connectivity index (χ0n) is 24.5. The molecular weight excluding hydrogens is 565 g/mol. The first-order valence-corrected chi connectivity index (χ1v) is 16.1. The molecule has 3 heteroatoms. The minimum absolute atomic E-state index is 1.14. The van der Waals surface area contributed by atoms with E-state index >= 15 is 0 Å². The Morgan fingerprint density at radius 3 is 1.71 bits per heavy atom. The number of aromatic nitrogens is 1. The van der Waals surface area contributed by atoms with Crippen molar-refractivity contribution < 1.29 is 0 Å². The standard InChI is InChI=1S/C42H28N2S/c1-3-12-29(13-4-1)30-22-24-32(25-23-30)43(31-14-5-2-6-15-31)40-21-11-18-37-36-27-26-33(28-41(36)45-42(37)40)44-38-19-9-7-16-34(38)35-17-8-10-20-39(35)44/h1-28H. The minimum atomic E-state index is 1.14. The van der Waals surface area contributed by atoms with Crippen LogP contribution in [-0.4, -0.2) is 4.57 Å². The van der Waals surface area contributed by atoms with Crippen molar-refractivity contribution in [2.75, 3.05) is 4.90 Å². The van der Waals surface area contributed by atoms with Crippen molar-refractivity contribution >= 4 is 70.4 Å². The molecule has 45 heavy (non-hydrogen) atoms. The molecule has 7 aromatic carbocycles. The third-order valence-electron chi connectivity index (χ3n) is 8.79. The summed E-state index contributed by atoms with van der Waals surface area (Å²) >= 11 is 1.87. The molecule has 0 aliphatic rings. The molecule has 0 aliphatic heterocycles. The molecule has 2 heterocycles. The van der Waals surface area contributed by atoms with Crippen molar-refractivity contribution in [3.63, 3.8) is 0 Å². The molecule has 2 aromatic heterocycles.